The van der Waals surface area contributed by atoms with Gasteiger partial charge >= 0.3 is 5.97 Å². The highest BCUT2D eigenvalue weighted by Gasteiger charge is 2.31. The van der Waals surface area contributed by atoms with Crippen LogP contribution >= 0.6 is 11.6 Å². The van der Waals surface area contributed by atoms with Gasteiger partial charge in [-0.15, -0.1) is 0 Å². The molecule has 1 aliphatic carbocycles. The molecule has 6 heteroatoms. The van der Waals surface area contributed by atoms with Crippen LogP contribution in [-0.4, -0.2) is 30.4 Å². The number of carbonyl (C=O) groups excluding carboxylic acids is 1. The number of aliphatic imine (C=N–C) groups is 1. The molecule has 5 rings (SSSR count). The Morgan fingerprint density at radius 1 is 1.13 bits per heavy atom. The van der Waals surface area contributed by atoms with Crippen molar-refractivity contribution in [3.05, 3.63) is 53.1 Å². The second kappa shape index (κ2) is 9.01. The number of fused-ring (bicyclic) bond motifs is 2. The number of nitrogens with one attached hydrogen (secondary N) is 1. The number of hydrogen-bond donors (Lipinski definition) is 1. The molecule has 2 aliphatic heterocycles. The van der Waals surface area contributed by atoms with Crippen molar-refractivity contribution in [3.8, 4) is 11.5 Å². The maximum Gasteiger partial charge on any atom is 0.307 e. The number of carbonyl (C=O) groups is 1. The molecule has 2 aromatic carbocycles. The minimum absolute atomic E-state index is 0.0884. The fraction of sp³-hybridized carbons (Fsp3) is 0.440. The summed E-state index contributed by atoms with van der Waals surface area (Å²) in [5, 5.41) is 4.14. The molecule has 0 amide bonds. The minimum Gasteiger partial charge on any atom is -0.462 e. The monoisotopic (exact) mass is 438 g/mol. The van der Waals surface area contributed by atoms with Gasteiger partial charge in [-0.2, -0.15) is 0 Å². The molecule has 2 fully saturated rings. The molecular formula is C25H27ClN2O3. The highest BCUT2D eigenvalue weighted by atomic mass is 35.5. The van der Waals surface area contributed by atoms with E-state index < -0.39 is 0 Å². The van der Waals surface area contributed by atoms with E-state index in [9.17, 15) is 4.79 Å². The molecule has 3 aliphatic rings. The van der Waals surface area contributed by atoms with Crippen LogP contribution in [0.4, 0.5) is 5.69 Å². The van der Waals surface area contributed by atoms with Crippen LogP contribution < -0.4 is 10.1 Å². The Kier molecular flexibility index (Phi) is 5.97. The number of esters is 1. The molecule has 2 aromatic rings. The smallest absolute Gasteiger partial charge is 0.307 e. The van der Waals surface area contributed by atoms with Crippen molar-refractivity contribution in [1.29, 1.82) is 0 Å². The molecule has 1 saturated heterocycles. The fourth-order valence-corrected chi connectivity index (χ4v) is 5.07. The summed E-state index contributed by atoms with van der Waals surface area (Å²) >= 11 is 6.24. The van der Waals surface area contributed by atoms with Crippen molar-refractivity contribution < 1.29 is 14.3 Å². The molecule has 31 heavy (non-hydrogen) atoms. The molecule has 1 saturated carbocycles. The van der Waals surface area contributed by atoms with E-state index in [0.717, 1.165) is 67.8 Å². The number of rotatable bonds is 4. The topological polar surface area (TPSA) is 59.9 Å². The van der Waals surface area contributed by atoms with Crippen LogP contribution in [-0.2, 0) is 9.53 Å². The molecule has 0 spiro atoms. The summed E-state index contributed by atoms with van der Waals surface area (Å²) in [5.74, 6) is 1.64. The summed E-state index contributed by atoms with van der Waals surface area (Å²) in [6.07, 6.45) is 6.64. The molecule has 162 valence electrons. The first-order chi connectivity index (χ1) is 15.2. The molecule has 2 atom stereocenters. The number of piperidine rings is 1. The highest BCUT2D eigenvalue weighted by molar-refractivity contribution is 6.31. The normalized spacial score (nSPS) is 23.2. The quantitative estimate of drug-likeness (QED) is 0.612. The second-order valence-electron chi connectivity index (χ2n) is 8.68. The average molecular weight is 439 g/mol. The van der Waals surface area contributed by atoms with Crippen molar-refractivity contribution in [1.82, 2.24) is 5.32 Å². The van der Waals surface area contributed by atoms with Crippen LogP contribution in [0, 0.1) is 5.92 Å². The Labute approximate surface area is 187 Å². The van der Waals surface area contributed by atoms with E-state index in [-0.39, 0.29) is 24.0 Å². The Bertz CT molecular complexity index is 1000. The van der Waals surface area contributed by atoms with Gasteiger partial charge < -0.3 is 14.8 Å². The lowest BCUT2D eigenvalue weighted by molar-refractivity contribution is -0.149. The lowest BCUT2D eigenvalue weighted by atomic mass is 9.84. The first kappa shape index (κ1) is 20.5. The van der Waals surface area contributed by atoms with Gasteiger partial charge in [0.1, 0.15) is 17.5 Å². The number of hydrogen-bond acceptors (Lipinski definition) is 5. The predicted octanol–water partition coefficient (Wildman–Crippen LogP) is 5.81. The van der Waals surface area contributed by atoms with Crippen LogP contribution in [0.25, 0.3) is 0 Å². The average Bonchev–Trinajstić information content (AvgIpc) is 3.21. The van der Waals surface area contributed by atoms with Gasteiger partial charge in [-0.1, -0.05) is 23.7 Å². The molecule has 0 aromatic heterocycles. The molecule has 0 radical (unpaired) electrons. The van der Waals surface area contributed by atoms with Crippen LogP contribution in [0.2, 0.25) is 5.02 Å². The van der Waals surface area contributed by atoms with Gasteiger partial charge in [-0.05, 0) is 75.4 Å². The van der Waals surface area contributed by atoms with Crippen LogP contribution in [0.1, 0.15) is 50.5 Å². The Morgan fingerprint density at radius 3 is 2.84 bits per heavy atom. The molecule has 0 bridgehead atoms. The maximum absolute atomic E-state index is 12.5. The van der Waals surface area contributed by atoms with Crippen LogP contribution in [0.5, 0.6) is 11.5 Å². The number of para-hydroxylation sites is 1. The van der Waals surface area contributed by atoms with Crippen molar-refractivity contribution in [3.63, 3.8) is 0 Å². The Balaban J connectivity index is 1.38. The number of halogens is 1. The van der Waals surface area contributed by atoms with E-state index >= 15 is 0 Å². The molecular weight excluding hydrogens is 412 g/mol. The molecule has 1 N–H and O–H groups in total. The van der Waals surface area contributed by atoms with Crippen molar-refractivity contribution >= 4 is 29.0 Å². The number of benzene rings is 2. The van der Waals surface area contributed by atoms with E-state index in [2.05, 4.69) is 11.4 Å². The van der Waals surface area contributed by atoms with E-state index in [0.29, 0.717) is 17.2 Å². The predicted molar refractivity (Wildman–Crippen MR) is 122 cm³/mol. The highest BCUT2D eigenvalue weighted by Crippen LogP contribution is 2.41. The standard InChI is InChI=1S/C25H27ClN2O3/c26-17-9-10-23-21(14-17)28-25(20-7-3-4-8-22(20)31-23)16-11-12-27-18(13-16)15-24(29)30-19-5-1-2-6-19/h3-4,7-10,14,16,18-19,27H,1-2,5-6,11-13,15H2/t16?,18-/m1/s1. The summed E-state index contributed by atoms with van der Waals surface area (Å²) in [6.45, 7) is 0.844. The largest absolute Gasteiger partial charge is 0.462 e. The van der Waals surface area contributed by atoms with Crippen molar-refractivity contribution in [2.24, 2.45) is 10.9 Å². The minimum atomic E-state index is -0.0892. The Hall–Kier alpha value is -2.37. The summed E-state index contributed by atoms with van der Waals surface area (Å²) in [5.41, 5.74) is 2.76. The SMILES string of the molecule is O=C(C[C@H]1CC(C2=Nc3cc(Cl)ccc3Oc3ccccc32)CCN1)OC1CCCC1. The third kappa shape index (κ3) is 4.63. The third-order valence-corrected chi connectivity index (χ3v) is 6.67. The molecule has 5 nitrogen and oxygen atoms in total. The van der Waals surface area contributed by atoms with Gasteiger partial charge in [0.15, 0.2) is 5.75 Å². The van der Waals surface area contributed by atoms with Gasteiger partial charge in [0.2, 0.25) is 0 Å². The first-order valence-corrected chi connectivity index (χ1v) is 11.6. The van der Waals surface area contributed by atoms with E-state index in [1.807, 2.05) is 36.4 Å². The lowest BCUT2D eigenvalue weighted by Crippen LogP contribution is -2.42. The Morgan fingerprint density at radius 2 is 1.97 bits per heavy atom. The fourth-order valence-electron chi connectivity index (χ4n) is 4.90. The molecule has 1 unspecified atom stereocenters. The maximum atomic E-state index is 12.5. The zero-order valence-corrected chi connectivity index (χ0v) is 18.2. The summed E-state index contributed by atoms with van der Waals surface area (Å²) in [6, 6.07) is 13.6. The van der Waals surface area contributed by atoms with Crippen LogP contribution in [0.15, 0.2) is 47.5 Å². The van der Waals surface area contributed by atoms with Gasteiger partial charge in [0.25, 0.3) is 0 Å². The third-order valence-electron chi connectivity index (χ3n) is 6.44. The van der Waals surface area contributed by atoms with E-state index in [1.165, 1.54) is 0 Å². The van der Waals surface area contributed by atoms with Gasteiger partial charge in [-0.25, -0.2) is 4.99 Å². The van der Waals surface area contributed by atoms with Crippen LogP contribution in [0.3, 0.4) is 0 Å². The summed E-state index contributed by atoms with van der Waals surface area (Å²) in [7, 11) is 0. The van der Waals surface area contributed by atoms with Gasteiger partial charge in [-0.3, -0.25) is 4.79 Å². The van der Waals surface area contributed by atoms with E-state index in [4.69, 9.17) is 26.1 Å². The second-order valence-corrected chi connectivity index (χ2v) is 9.12. The zero-order chi connectivity index (χ0) is 21.2. The van der Waals surface area contributed by atoms with Crippen molar-refractivity contribution in [2.75, 3.05) is 6.54 Å². The van der Waals surface area contributed by atoms with E-state index in [1.54, 1.807) is 0 Å². The van der Waals surface area contributed by atoms with Gasteiger partial charge in [0, 0.05) is 22.5 Å². The number of nitrogens with zero attached hydrogens (tertiary/aromatic N) is 1. The summed E-state index contributed by atoms with van der Waals surface area (Å²) < 4.78 is 11.9. The lowest BCUT2D eigenvalue weighted by Gasteiger charge is -2.31. The summed E-state index contributed by atoms with van der Waals surface area (Å²) in [4.78, 5) is 17.5. The first-order valence-electron chi connectivity index (χ1n) is 11.2. The molecule has 2 heterocycles. The van der Waals surface area contributed by atoms with Gasteiger partial charge in [0.05, 0.1) is 12.1 Å². The number of ether oxygens (including phenoxy) is 2. The zero-order valence-electron chi connectivity index (χ0n) is 17.5. The van der Waals surface area contributed by atoms with Crippen molar-refractivity contribution in [2.45, 2.75) is 57.1 Å².